The van der Waals surface area contributed by atoms with E-state index in [-0.39, 0.29) is 6.42 Å². The third kappa shape index (κ3) is 2.11. The summed E-state index contributed by atoms with van der Waals surface area (Å²) in [5.74, 6) is -0.499. The number of hydrogen-bond donors (Lipinski definition) is 0. The molecule has 88 valence electrons. The molecule has 0 spiro atoms. The Morgan fingerprint density at radius 3 is 2.56 bits per heavy atom. The Bertz CT molecular complexity index is 536. The summed E-state index contributed by atoms with van der Waals surface area (Å²) in [5, 5.41) is 0. The highest BCUT2D eigenvalue weighted by Crippen LogP contribution is 2.44. The van der Waals surface area contributed by atoms with E-state index in [0.29, 0.717) is 18.0 Å². The van der Waals surface area contributed by atoms with Gasteiger partial charge in [-0.2, -0.15) is 8.42 Å². The molecule has 0 aromatic carbocycles. The number of amides is 1. The molecule has 1 fully saturated rings. The van der Waals surface area contributed by atoms with E-state index >= 15 is 0 Å². The molecule has 9 heteroatoms. The number of nitrogens with zero attached hydrogens (tertiary/aromatic N) is 1. The molecule has 2 rings (SSSR count). The van der Waals surface area contributed by atoms with Crippen molar-refractivity contribution in [3.05, 3.63) is 19.8 Å². The third-order valence-corrected chi connectivity index (χ3v) is 6.07. The van der Waals surface area contributed by atoms with Gasteiger partial charge in [0.1, 0.15) is 4.34 Å². The number of thiophene rings is 1. The van der Waals surface area contributed by atoms with Crippen LogP contribution in [0.5, 0.6) is 0 Å². The van der Waals surface area contributed by atoms with Gasteiger partial charge in [0.05, 0.1) is 12.5 Å². The lowest BCUT2D eigenvalue weighted by Gasteiger charge is -2.36. The Morgan fingerprint density at radius 1 is 1.56 bits per heavy atom. The van der Waals surface area contributed by atoms with E-state index in [4.69, 9.17) is 22.3 Å². The largest absolute Gasteiger partial charge is 0.324 e. The second-order valence-electron chi connectivity index (χ2n) is 3.12. The molecule has 0 N–H and O–H groups in total. The van der Waals surface area contributed by atoms with Crippen LogP contribution in [-0.4, -0.2) is 18.6 Å². The van der Waals surface area contributed by atoms with Crippen molar-refractivity contribution in [2.75, 3.05) is 0 Å². The Labute approximate surface area is 114 Å². The number of rotatable bonds is 2. The van der Waals surface area contributed by atoms with Crippen LogP contribution in [0.3, 0.4) is 0 Å². The standard InChI is InChI=1S/C7H4BrCl2NO3S2/c8-3-1-5(15-7(3)9)4-2-6(12)11(4)16(10,13)14/h1,4H,2H2. The van der Waals surface area contributed by atoms with Crippen molar-refractivity contribution in [3.63, 3.8) is 0 Å². The molecule has 16 heavy (non-hydrogen) atoms. The first kappa shape index (κ1) is 12.6. The van der Waals surface area contributed by atoms with Gasteiger partial charge < -0.3 is 0 Å². The molecule has 1 amide bonds. The molecule has 1 aromatic rings. The van der Waals surface area contributed by atoms with Crippen molar-refractivity contribution in [1.82, 2.24) is 4.31 Å². The van der Waals surface area contributed by atoms with Crippen LogP contribution in [0.2, 0.25) is 4.34 Å². The SMILES string of the molecule is O=C1CC(c2cc(Br)c(Cl)s2)N1S(=O)(=O)Cl. The molecule has 2 heterocycles. The highest BCUT2D eigenvalue weighted by atomic mass is 79.9. The van der Waals surface area contributed by atoms with E-state index in [0.717, 1.165) is 0 Å². The van der Waals surface area contributed by atoms with E-state index in [9.17, 15) is 13.2 Å². The van der Waals surface area contributed by atoms with Crippen LogP contribution in [0.25, 0.3) is 0 Å². The van der Waals surface area contributed by atoms with Crippen molar-refractivity contribution >= 4 is 64.7 Å². The first-order valence-corrected chi connectivity index (χ1v) is 8.27. The summed E-state index contributed by atoms with van der Waals surface area (Å²) in [4.78, 5) is 11.9. The zero-order chi connectivity index (χ0) is 12.1. The minimum atomic E-state index is -4.01. The molecule has 0 saturated carbocycles. The summed E-state index contributed by atoms with van der Waals surface area (Å²) < 4.78 is 24.1. The van der Waals surface area contributed by atoms with E-state index < -0.39 is 21.2 Å². The number of carbonyl (C=O) groups excluding carboxylic acids is 1. The Kier molecular flexibility index (Phi) is 3.26. The predicted molar refractivity (Wildman–Crippen MR) is 66.0 cm³/mol. The molecule has 1 aliphatic rings. The molecule has 1 aromatic heterocycles. The fraction of sp³-hybridized carbons (Fsp3) is 0.286. The normalized spacial score (nSPS) is 21.1. The maximum absolute atomic E-state index is 11.2. The molecule has 0 aliphatic carbocycles. The second kappa shape index (κ2) is 4.13. The van der Waals surface area contributed by atoms with Gasteiger partial charge >= 0.3 is 9.24 Å². The van der Waals surface area contributed by atoms with Crippen LogP contribution in [-0.2, 0) is 14.0 Å². The average molecular weight is 365 g/mol. The van der Waals surface area contributed by atoms with E-state index in [2.05, 4.69) is 15.9 Å². The molecule has 0 radical (unpaired) electrons. The molecule has 1 atom stereocenters. The van der Waals surface area contributed by atoms with Gasteiger partial charge in [-0.15, -0.1) is 11.3 Å². The Balaban J connectivity index is 2.34. The fourth-order valence-corrected chi connectivity index (χ4v) is 4.64. The number of hydrogen-bond acceptors (Lipinski definition) is 4. The molecule has 1 aliphatic heterocycles. The molecule has 1 unspecified atom stereocenters. The lowest BCUT2D eigenvalue weighted by atomic mass is 10.1. The minimum Gasteiger partial charge on any atom is -0.274 e. The van der Waals surface area contributed by atoms with Gasteiger partial charge in [-0.3, -0.25) is 4.79 Å². The second-order valence-corrected chi connectivity index (χ2v) is 8.05. The van der Waals surface area contributed by atoms with E-state index in [1.54, 1.807) is 6.07 Å². The zero-order valence-electron chi connectivity index (χ0n) is 7.48. The summed E-state index contributed by atoms with van der Waals surface area (Å²) >= 11 is 10.3. The van der Waals surface area contributed by atoms with Gasteiger partial charge in [-0.25, -0.2) is 4.31 Å². The highest BCUT2D eigenvalue weighted by molar-refractivity contribution is 9.10. The minimum absolute atomic E-state index is 0.134. The summed E-state index contributed by atoms with van der Waals surface area (Å²) in [7, 11) is 1.15. The van der Waals surface area contributed by atoms with Crippen LogP contribution in [0.15, 0.2) is 10.5 Å². The molecule has 4 nitrogen and oxygen atoms in total. The summed E-state index contributed by atoms with van der Waals surface area (Å²) in [6.07, 6.45) is 0.134. The van der Waals surface area contributed by atoms with Crippen LogP contribution in [0, 0.1) is 0 Å². The van der Waals surface area contributed by atoms with Gasteiger partial charge in [0.25, 0.3) is 0 Å². The quantitative estimate of drug-likeness (QED) is 0.598. The van der Waals surface area contributed by atoms with Crippen molar-refractivity contribution in [1.29, 1.82) is 0 Å². The van der Waals surface area contributed by atoms with Crippen molar-refractivity contribution in [3.8, 4) is 0 Å². The van der Waals surface area contributed by atoms with Gasteiger partial charge in [0.15, 0.2) is 0 Å². The first-order valence-electron chi connectivity index (χ1n) is 4.02. The Morgan fingerprint density at radius 2 is 2.19 bits per heavy atom. The zero-order valence-corrected chi connectivity index (χ0v) is 12.2. The number of carbonyl (C=O) groups is 1. The number of β-lactam (4-membered cyclic amide) rings is 1. The predicted octanol–water partition coefficient (Wildman–Crippen LogP) is 2.92. The average Bonchev–Trinajstić information content (AvgIpc) is 2.39. The molecule has 1 saturated heterocycles. The van der Waals surface area contributed by atoms with Crippen LogP contribution in [0.1, 0.15) is 17.3 Å². The topological polar surface area (TPSA) is 54.5 Å². The first-order chi connectivity index (χ1) is 7.30. The van der Waals surface area contributed by atoms with Gasteiger partial charge in [0, 0.05) is 20.0 Å². The van der Waals surface area contributed by atoms with Gasteiger partial charge in [0.2, 0.25) is 5.91 Å². The van der Waals surface area contributed by atoms with Crippen LogP contribution in [0.4, 0.5) is 0 Å². The Hall–Kier alpha value is 0.180. The lowest BCUT2D eigenvalue weighted by molar-refractivity contribution is -0.137. The maximum Gasteiger partial charge on any atom is 0.324 e. The monoisotopic (exact) mass is 363 g/mol. The third-order valence-electron chi connectivity index (χ3n) is 2.12. The maximum atomic E-state index is 11.2. The van der Waals surface area contributed by atoms with E-state index in [1.807, 2.05) is 0 Å². The van der Waals surface area contributed by atoms with Crippen LogP contribution < -0.4 is 0 Å². The fourth-order valence-electron chi connectivity index (χ4n) is 1.42. The van der Waals surface area contributed by atoms with Crippen LogP contribution >= 0.6 is 49.6 Å². The summed E-state index contributed by atoms with van der Waals surface area (Å²) in [5.41, 5.74) is 0. The lowest BCUT2D eigenvalue weighted by Crippen LogP contribution is -2.47. The highest BCUT2D eigenvalue weighted by Gasteiger charge is 2.45. The van der Waals surface area contributed by atoms with Crippen molar-refractivity contribution in [2.45, 2.75) is 12.5 Å². The molecular weight excluding hydrogens is 361 g/mol. The molecular formula is C7H4BrCl2NO3S2. The number of halogens is 3. The van der Waals surface area contributed by atoms with Gasteiger partial charge in [-0.1, -0.05) is 11.6 Å². The van der Waals surface area contributed by atoms with Crippen molar-refractivity contribution in [2.24, 2.45) is 0 Å². The van der Waals surface area contributed by atoms with Crippen molar-refractivity contribution < 1.29 is 13.2 Å². The summed E-state index contributed by atoms with van der Waals surface area (Å²) in [6, 6.07) is 1.17. The smallest absolute Gasteiger partial charge is 0.274 e. The molecule has 0 bridgehead atoms. The van der Waals surface area contributed by atoms with E-state index in [1.165, 1.54) is 11.3 Å². The van der Waals surface area contributed by atoms with Gasteiger partial charge in [-0.05, 0) is 22.0 Å². The summed E-state index contributed by atoms with van der Waals surface area (Å²) in [6.45, 7) is 0.